The van der Waals surface area contributed by atoms with Crippen LogP contribution in [0.1, 0.15) is 49.9 Å². The summed E-state index contributed by atoms with van der Waals surface area (Å²) < 4.78 is 6.98. The topological polar surface area (TPSA) is 96.4 Å². The van der Waals surface area contributed by atoms with Gasteiger partial charge < -0.3 is 20.5 Å². The molecule has 2 aromatic heterocycles. The van der Waals surface area contributed by atoms with E-state index in [-0.39, 0.29) is 24.2 Å². The zero-order chi connectivity index (χ0) is 22.0. The molecule has 31 heavy (non-hydrogen) atoms. The summed E-state index contributed by atoms with van der Waals surface area (Å²) in [7, 11) is 0. The van der Waals surface area contributed by atoms with Gasteiger partial charge in [0.05, 0.1) is 39.9 Å². The third-order valence-corrected chi connectivity index (χ3v) is 6.24. The smallest absolute Gasteiger partial charge is 0.258 e. The molecule has 1 saturated carbocycles. The van der Waals surface area contributed by atoms with Gasteiger partial charge >= 0.3 is 0 Å². The molecule has 1 aliphatic rings. The van der Waals surface area contributed by atoms with Crippen LogP contribution >= 0.6 is 22.9 Å². The normalized spacial score (nSPS) is 18.9. The molecule has 0 unspecified atom stereocenters. The second kappa shape index (κ2) is 9.38. The number of nitrogens with zero attached hydrogens (tertiary/aromatic N) is 2. The first-order valence-electron chi connectivity index (χ1n) is 10.4. The van der Waals surface area contributed by atoms with Crippen LogP contribution in [0.25, 0.3) is 10.2 Å². The molecule has 0 atom stereocenters. The molecule has 1 aliphatic carbocycles. The summed E-state index contributed by atoms with van der Waals surface area (Å²) in [6.07, 6.45) is 4.44. The lowest BCUT2D eigenvalue weighted by molar-refractivity contribution is 0.0669. The van der Waals surface area contributed by atoms with E-state index in [9.17, 15) is 9.90 Å². The van der Waals surface area contributed by atoms with Crippen LogP contribution in [-0.2, 0) is 0 Å². The van der Waals surface area contributed by atoms with E-state index < -0.39 is 0 Å². The van der Waals surface area contributed by atoms with Gasteiger partial charge in [-0.25, -0.2) is 9.97 Å². The highest BCUT2D eigenvalue weighted by molar-refractivity contribution is 7.17. The molecule has 1 amide bonds. The van der Waals surface area contributed by atoms with Gasteiger partial charge in [-0.3, -0.25) is 4.79 Å². The number of anilines is 2. The Labute approximate surface area is 189 Å². The fourth-order valence-corrected chi connectivity index (χ4v) is 4.57. The van der Waals surface area contributed by atoms with E-state index in [1.54, 1.807) is 29.8 Å². The number of nitrogens with one attached hydrogen (secondary N) is 2. The van der Waals surface area contributed by atoms with E-state index in [1.807, 2.05) is 13.8 Å². The number of carbonyl (C=O) groups excluding carboxylic acids is 1. The number of fused-ring (bicyclic) bond motifs is 1. The molecule has 7 nitrogen and oxygen atoms in total. The Bertz CT molecular complexity index is 1080. The van der Waals surface area contributed by atoms with Gasteiger partial charge in [0.15, 0.2) is 0 Å². The highest BCUT2D eigenvalue weighted by Crippen LogP contribution is 2.33. The van der Waals surface area contributed by atoms with Crippen LogP contribution in [-0.4, -0.2) is 39.2 Å². The molecule has 0 radical (unpaired) electrons. The van der Waals surface area contributed by atoms with Gasteiger partial charge in [-0.15, -0.1) is 11.3 Å². The molecule has 0 bridgehead atoms. The first-order chi connectivity index (χ1) is 14.9. The van der Waals surface area contributed by atoms with Gasteiger partial charge in [-0.2, -0.15) is 0 Å². The molecular weight excluding hydrogens is 436 g/mol. The summed E-state index contributed by atoms with van der Waals surface area (Å²) in [6.45, 7) is 4.00. The van der Waals surface area contributed by atoms with Crippen LogP contribution < -0.4 is 15.4 Å². The average molecular weight is 461 g/mol. The van der Waals surface area contributed by atoms with Crippen molar-refractivity contribution in [2.75, 3.05) is 10.6 Å². The molecular formula is C22H25ClN4O3S. The lowest BCUT2D eigenvalue weighted by Gasteiger charge is -2.27. The summed E-state index contributed by atoms with van der Waals surface area (Å²) in [5.41, 5.74) is 1.59. The second-order valence-corrected chi connectivity index (χ2v) is 9.35. The van der Waals surface area contributed by atoms with E-state index in [0.717, 1.165) is 17.5 Å². The minimum Gasteiger partial charge on any atom is -0.488 e. The maximum absolute atomic E-state index is 13.1. The molecule has 0 spiro atoms. The van der Waals surface area contributed by atoms with Gasteiger partial charge in [-0.1, -0.05) is 11.6 Å². The SMILES string of the molecule is CC(C)Nc1ncc2scc(C(=O)Nc3cc(Cl)ccc3OC3CCC(O)CC3)c2n1. The molecule has 2 heterocycles. The quantitative estimate of drug-likeness (QED) is 0.473. The van der Waals surface area contributed by atoms with Crippen LogP contribution in [0.15, 0.2) is 29.8 Å². The molecule has 0 aliphatic heterocycles. The van der Waals surface area contributed by atoms with Crippen molar-refractivity contribution in [2.24, 2.45) is 0 Å². The maximum atomic E-state index is 13.1. The Morgan fingerprint density at radius 3 is 2.81 bits per heavy atom. The third kappa shape index (κ3) is 5.26. The fourth-order valence-electron chi connectivity index (χ4n) is 3.55. The molecule has 164 valence electrons. The Balaban J connectivity index is 1.56. The summed E-state index contributed by atoms with van der Waals surface area (Å²) in [6, 6.07) is 5.37. The number of amides is 1. The van der Waals surface area contributed by atoms with E-state index in [2.05, 4.69) is 20.6 Å². The van der Waals surface area contributed by atoms with Crippen molar-refractivity contribution < 1.29 is 14.6 Å². The molecule has 9 heteroatoms. The van der Waals surface area contributed by atoms with Crippen LogP contribution in [0.2, 0.25) is 5.02 Å². The minimum atomic E-state index is -0.286. The van der Waals surface area contributed by atoms with Gasteiger partial charge in [0.2, 0.25) is 5.95 Å². The zero-order valence-electron chi connectivity index (χ0n) is 17.4. The number of carbonyl (C=O) groups is 1. The van der Waals surface area contributed by atoms with Crippen molar-refractivity contribution in [1.29, 1.82) is 0 Å². The third-order valence-electron chi connectivity index (χ3n) is 5.10. The Hall–Kier alpha value is -2.42. The molecule has 3 N–H and O–H groups in total. The predicted molar refractivity (Wildman–Crippen MR) is 124 cm³/mol. The highest BCUT2D eigenvalue weighted by atomic mass is 35.5. The average Bonchev–Trinajstić information content (AvgIpc) is 3.14. The van der Waals surface area contributed by atoms with Crippen molar-refractivity contribution >= 4 is 50.7 Å². The Kier molecular flexibility index (Phi) is 6.60. The summed E-state index contributed by atoms with van der Waals surface area (Å²) in [5, 5.41) is 18.1. The van der Waals surface area contributed by atoms with Crippen LogP contribution in [0.4, 0.5) is 11.6 Å². The van der Waals surface area contributed by atoms with Gasteiger partial charge in [0.1, 0.15) is 5.75 Å². The van der Waals surface area contributed by atoms with E-state index in [1.165, 1.54) is 11.3 Å². The first kappa shape index (κ1) is 21.8. The molecule has 1 aromatic carbocycles. The molecule has 3 aromatic rings. The second-order valence-electron chi connectivity index (χ2n) is 8.00. The minimum absolute atomic E-state index is 0.000359. The lowest BCUT2D eigenvalue weighted by Crippen LogP contribution is -2.27. The number of hydrogen-bond donors (Lipinski definition) is 3. The fraction of sp³-hybridized carbons (Fsp3) is 0.409. The van der Waals surface area contributed by atoms with Crippen LogP contribution in [0.3, 0.4) is 0 Å². The zero-order valence-corrected chi connectivity index (χ0v) is 19.0. The first-order valence-corrected chi connectivity index (χ1v) is 11.6. The Morgan fingerprint density at radius 1 is 1.29 bits per heavy atom. The highest BCUT2D eigenvalue weighted by Gasteiger charge is 2.23. The number of benzene rings is 1. The number of aromatic nitrogens is 2. The number of halogens is 1. The number of rotatable bonds is 6. The molecule has 0 saturated heterocycles. The number of hydrogen-bond acceptors (Lipinski definition) is 7. The number of aliphatic hydroxyl groups is 1. The van der Waals surface area contributed by atoms with Crippen LogP contribution in [0, 0.1) is 0 Å². The van der Waals surface area contributed by atoms with Crippen molar-refractivity contribution in [2.45, 2.75) is 57.8 Å². The van der Waals surface area contributed by atoms with Gasteiger partial charge in [0.25, 0.3) is 5.91 Å². The number of aliphatic hydroxyl groups excluding tert-OH is 1. The van der Waals surface area contributed by atoms with Crippen molar-refractivity contribution in [1.82, 2.24) is 9.97 Å². The summed E-state index contributed by atoms with van der Waals surface area (Å²) >= 11 is 7.61. The van der Waals surface area contributed by atoms with Crippen LogP contribution in [0.5, 0.6) is 5.75 Å². The maximum Gasteiger partial charge on any atom is 0.258 e. The standard InChI is InChI=1S/C22H25ClN4O3S/c1-12(2)25-22-24-10-19-20(27-22)16(11-31-19)21(29)26-17-9-13(23)3-8-18(17)30-15-6-4-14(28)5-7-15/h3,8-12,14-15,28H,4-7H2,1-2H3,(H,26,29)(H,24,25,27). The molecule has 4 rings (SSSR count). The van der Waals surface area contributed by atoms with E-state index >= 15 is 0 Å². The van der Waals surface area contributed by atoms with Gasteiger partial charge in [0, 0.05) is 16.4 Å². The monoisotopic (exact) mass is 460 g/mol. The van der Waals surface area contributed by atoms with Crippen molar-refractivity contribution in [3.63, 3.8) is 0 Å². The van der Waals surface area contributed by atoms with Crippen molar-refractivity contribution in [3.05, 3.63) is 40.4 Å². The Morgan fingerprint density at radius 2 is 2.06 bits per heavy atom. The predicted octanol–water partition coefficient (Wildman–Crippen LogP) is 5.10. The van der Waals surface area contributed by atoms with E-state index in [4.69, 9.17) is 16.3 Å². The number of ether oxygens (including phenoxy) is 1. The summed E-state index contributed by atoms with van der Waals surface area (Å²) in [4.78, 5) is 21.9. The largest absolute Gasteiger partial charge is 0.488 e. The van der Waals surface area contributed by atoms with Crippen molar-refractivity contribution in [3.8, 4) is 5.75 Å². The molecule has 1 fully saturated rings. The lowest BCUT2D eigenvalue weighted by atomic mass is 9.95. The number of thiophene rings is 1. The summed E-state index contributed by atoms with van der Waals surface area (Å²) in [5.74, 6) is 0.767. The van der Waals surface area contributed by atoms with E-state index in [0.29, 0.717) is 46.3 Å². The van der Waals surface area contributed by atoms with Gasteiger partial charge in [-0.05, 0) is 57.7 Å².